The van der Waals surface area contributed by atoms with Gasteiger partial charge >= 0.3 is 0 Å². The van der Waals surface area contributed by atoms with E-state index in [-0.39, 0.29) is 0 Å². The molecule has 1 saturated carbocycles. The summed E-state index contributed by atoms with van der Waals surface area (Å²) in [5.41, 5.74) is 1.50. The number of rotatable bonds is 4. The summed E-state index contributed by atoms with van der Waals surface area (Å²) in [7, 11) is 2.08. The van der Waals surface area contributed by atoms with Gasteiger partial charge in [-0.3, -0.25) is 4.90 Å². The third kappa shape index (κ3) is 3.04. The van der Waals surface area contributed by atoms with Gasteiger partial charge in [0.15, 0.2) is 0 Å². The molecule has 19 heavy (non-hydrogen) atoms. The summed E-state index contributed by atoms with van der Waals surface area (Å²) >= 11 is 3.55. The third-order valence-electron chi connectivity index (χ3n) is 4.49. The molecule has 1 saturated heterocycles. The Labute approximate surface area is 124 Å². The van der Waals surface area contributed by atoms with Gasteiger partial charge < -0.3 is 5.32 Å². The van der Waals surface area contributed by atoms with E-state index in [0.29, 0.717) is 6.04 Å². The zero-order chi connectivity index (χ0) is 13.2. The molecule has 0 spiro atoms. The van der Waals surface area contributed by atoms with Gasteiger partial charge in [-0.1, -0.05) is 28.1 Å². The van der Waals surface area contributed by atoms with E-state index in [9.17, 15) is 0 Å². The number of piperidine rings is 1. The van der Waals surface area contributed by atoms with Crippen molar-refractivity contribution in [3.05, 3.63) is 34.3 Å². The molecule has 0 amide bonds. The first-order valence-corrected chi connectivity index (χ1v) is 8.24. The van der Waals surface area contributed by atoms with Crippen molar-refractivity contribution in [1.82, 2.24) is 10.2 Å². The van der Waals surface area contributed by atoms with Crippen LogP contribution in [0.2, 0.25) is 0 Å². The van der Waals surface area contributed by atoms with Crippen molar-refractivity contribution in [2.75, 3.05) is 20.1 Å². The van der Waals surface area contributed by atoms with E-state index in [2.05, 4.69) is 57.5 Å². The molecule has 1 aromatic carbocycles. The first-order valence-electron chi connectivity index (χ1n) is 7.45. The fraction of sp³-hybridized carbons (Fsp3) is 0.625. The molecule has 1 aromatic rings. The average Bonchev–Trinajstić information content (AvgIpc) is 3.24. The summed E-state index contributed by atoms with van der Waals surface area (Å²) in [6.07, 6.45) is 5.51. The first-order chi connectivity index (χ1) is 9.29. The van der Waals surface area contributed by atoms with Crippen molar-refractivity contribution in [2.24, 2.45) is 5.92 Å². The van der Waals surface area contributed by atoms with E-state index in [4.69, 9.17) is 0 Å². The normalized spacial score (nSPS) is 28.5. The summed E-state index contributed by atoms with van der Waals surface area (Å²) in [4.78, 5) is 2.77. The largest absolute Gasteiger partial charge is 0.319 e. The Morgan fingerprint density at radius 2 is 1.95 bits per heavy atom. The Balaban J connectivity index is 1.87. The van der Waals surface area contributed by atoms with Gasteiger partial charge in [-0.2, -0.15) is 0 Å². The van der Waals surface area contributed by atoms with Crippen LogP contribution in [0.5, 0.6) is 0 Å². The minimum absolute atomic E-state index is 0.613. The predicted octanol–water partition coefficient (Wildman–Crippen LogP) is 3.58. The van der Waals surface area contributed by atoms with Gasteiger partial charge in [0, 0.05) is 16.6 Å². The maximum atomic E-state index is 3.55. The molecule has 1 N–H and O–H groups in total. The molecule has 2 unspecified atom stereocenters. The maximum absolute atomic E-state index is 3.55. The van der Waals surface area contributed by atoms with Gasteiger partial charge in [0.2, 0.25) is 0 Å². The molecule has 1 aliphatic heterocycles. The number of hydrogen-bond donors (Lipinski definition) is 1. The first kappa shape index (κ1) is 13.6. The Morgan fingerprint density at radius 3 is 2.58 bits per heavy atom. The topological polar surface area (TPSA) is 15.3 Å². The molecule has 0 bridgehead atoms. The smallest absolute Gasteiger partial charge is 0.0391 e. The highest BCUT2D eigenvalue weighted by atomic mass is 79.9. The number of hydrogen-bond acceptors (Lipinski definition) is 2. The Kier molecular flexibility index (Phi) is 4.25. The van der Waals surface area contributed by atoms with Crippen molar-refractivity contribution >= 4 is 15.9 Å². The number of likely N-dealkylation sites (tertiary alicyclic amines) is 1. The highest BCUT2D eigenvalue weighted by Gasteiger charge is 2.40. The lowest BCUT2D eigenvalue weighted by atomic mass is 9.84. The summed E-state index contributed by atoms with van der Waals surface area (Å²) in [5.74, 6) is 0.750. The lowest BCUT2D eigenvalue weighted by molar-refractivity contribution is 0.0845. The molecule has 2 fully saturated rings. The predicted molar refractivity (Wildman–Crippen MR) is 83.3 cm³/mol. The molecule has 3 heteroatoms. The van der Waals surface area contributed by atoms with Gasteiger partial charge in [-0.25, -0.2) is 0 Å². The zero-order valence-electron chi connectivity index (χ0n) is 11.6. The van der Waals surface area contributed by atoms with Gasteiger partial charge in [-0.15, -0.1) is 0 Å². The fourth-order valence-corrected chi connectivity index (χ4v) is 3.78. The second kappa shape index (κ2) is 5.94. The molecule has 2 aliphatic rings. The summed E-state index contributed by atoms with van der Waals surface area (Å²) in [6, 6.07) is 10.4. The second-order valence-corrected chi connectivity index (χ2v) is 6.84. The Morgan fingerprint density at radius 1 is 1.21 bits per heavy atom. The minimum Gasteiger partial charge on any atom is -0.319 e. The van der Waals surface area contributed by atoms with Crippen molar-refractivity contribution in [2.45, 2.75) is 37.8 Å². The van der Waals surface area contributed by atoms with Crippen molar-refractivity contribution in [1.29, 1.82) is 0 Å². The quantitative estimate of drug-likeness (QED) is 0.911. The van der Waals surface area contributed by atoms with E-state index < -0.39 is 0 Å². The monoisotopic (exact) mass is 322 g/mol. The molecule has 0 radical (unpaired) electrons. The van der Waals surface area contributed by atoms with Crippen LogP contribution in [0.3, 0.4) is 0 Å². The van der Waals surface area contributed by atoms with E-state index in [1.54, 1.807) is 0 Å². The molecule has 104 valence electrons. The number of nitrogens with zero attached hydrogens (tertiary/aromatic N) is 1. The summed E-state index contributed by atoms with van der Waals surface area (Å²) in [6.45, 7) is 2.41. The molecule has 2 atom stereocenters. The summed E-state index contributed by atoms with van der Waals surface area (Å²) in [5, 5.41) is 3.39. The second-order valence-electron chi connectivity index (χ2n) is 5.93. The fourth-order valence-electron chi connectivity index (χ4n) is 3.52. The average molecular weight is 323 g/mol. The van der Waals surface area contributed by atoms with Crippen LogP contribution < -0.4 is 5.32 Å². The molecule has 1 aliphatic carbocycles. The van der Waals surface area contributed by atoms with Crippen LogP contribution in [0.1, 0.15) is 37.3 Å². The molecular formula is C16H23BrN2. The molecule has 0 aromatic heterocycles. The molecule has 3 rings (SSSR count). The van der Waals surface area contributed by atoms with Crippen molar-refractivity contribution in [3.63, 3.8) is 0 Å². The van der Waals surface area contributed by atoms with E-state index in [1.807, 2.05) is 0 Å². The van der Waals surface area contributed by atoms with Crippen molar-refractivity contribution < 1.29 is 0 Å². The third-order valence-corrected chi connectivity index (χ3v) is 5.02. The van der Waals surface area contributed by atoms with Crippen LogP contribution in [0.15, 0.2) is 28.7 Å². The lowest BCUT2D eigenvalue weighted by Crippen LogP contribution is -2.43. The molecule has 2 nitrogen and oxygen atoms in total. The van der Waals surface area contributed by atoms with E-state index >= 15 is 0 Å². The lowest BCUT2D eigenvalue weighted by Gasteiger charge is -2.42. The van der Waals surface area contributed by atoms with Gasteiger partial charge in [0.05, 0.1) is 0 Å². The minimum atomic E-state index is 0.613. The van der Waals surface area contributed by atoms with Crippen LogP contribution in [0, 0.1) is 5.92 Å². The van der Waals surface area contributed by atoms with E-state index in [0.717, 1.165) is 18.5 Å². The number of nitrogens with one attached hydrogen (secondary N) is 1. The zero-order valence-corrected chi connectivity index (χ0v) is 13.2. The number of benzene rings is 1. The highest BCUT2D eigenvalue weighted by molar-refractivity contribution is 9.10. The Hall–Kier alpha value is -0.380. The van der Waals surface area contributed by atoms with E-state index in [1.165, 1.54) is 42.3 Å². The van der Waals surface area contributed by atoms with Crippen LogP contribution in [0.25, 0.3) is 0 Å². The van der Waals surface area contributed by atoms with Gasteiger partial charge in [-0.05, 0) is 69.4 Å². The molecular weight excluding hydrogens is 300 g/mol. The van der Waals surface area contributed by atoms with Crippen LogP contribution >= 0.6 is 15.9 Å². The van der Waals surface area contributed by atoms with Gasteiger partial charge in [0.1, 0.15) is 0 Å². The van der Waals surface area contributed by atoms with Crippen molar-refractivity contribution in [3.8, 4) is 0 Å². The Bertz CT molecular complexity index is 411. The van der Waals surface area contributed by atoms with Gasteiger partial charge in [0.25, 0.3) is 0 Å². The molecule has 1 heterocycles. The van der Waals surface area contributed by atoms with Crippen LogP contribution in [-0.4, -0.2) is 31.1 Å². The summed E-state index contributed by atoms with van der Waals surface area (Å²) < 4.78 is 1.18. The van der Waals surface area contributed by atoms with Crippen LogP contribution in [-0.2, 0) is 0 Å². The highest BCUT2D eigenvalue weighted by Crippen LogP contribution is 2.42. The standard InChI is InChI=1S/C16H23BrN2/c1-18-11-13-3-2-10-19(15-8-9-15)16(13)12-4-6-14(17)7-5-12/h4-7,13,15-16,18H,2-3,8-11H2,1H3. The van der Waals surface area contributed by atoms with Crippen LogP contribution in [0.4, 0.5) is 0 Å². The number of halogens is 1. The maximum Gasteiger partial charge on any atom is 0.0391 e. The SMILES string of the molecule is CNCC1CCCN(C2CC2)C1c1ccc(Br)cc1.